The molecule has 1 aliphatic carbocycles. The molecule has 0 radical (unpaired) electrons. The van der Waals surface area contributed by atoms with Crippen molar-refractivity contribution in [2.24, 2.45) is 0 Å². The molecule has 0 aliphatic heterocycles. The summed E-state index contributed by atoms with van der Waals surface area (Å²) >= 11 is 1.49. The van der Waals surface area contributed by atoms with Crippen molar-refractivity contribution in [3.05, 3.63) is 65.7 Å². The summed E-state index contributed by atoms with van der Waals surface area (Å²) in [5.41, 5.74) is 3.60. The van der Waals surface area contributed by atoms with Gasteiger partial charge >= 0.3 is 0 Å². The van der Waals surface area contributed by atoms with E-state index >= 15 is 0 Å². The average Bonchev–Trinajstić information content (AvgIpc) is 3.27. The average molecular weight is 477 g/mol. The van der Waals surface area contributed by atoms with E-state index in [0.29, 0.717) is 11.8 Å². The predicted octanol–water partition coefficient (Wildman–Crippen LogP) is 6.72. The van der Waals surface area contributed by atoms with Crippen LogP contribution in [0.4, 0.5) is 0 Å². The topological polar surface area (TPSA) is 59.8 Å². The molecule has 0 bridgehead atoms. The smallest absolute Gasteiger partial charge is 0.230 e. The molecular formula is C28H36N4OS. The van der Waals surface area contributed by atoms with E-state index in [2.05, 4.69) is 65.1 Å². The Morgan fingerprint density at radius 1 is 1.03 bits per heavy atom. The summed E-state index contributed by atoms with van der Waals surface area (Å²) in [7, 11) is 0. The number of rotatable bonds is 7. The van der Waals surface area contributed by atoms with Crippen molar-refractivity contribution in [2.75, 3.05) is 5.75 Å². The van der Waals surface area contributed by atoms with Gasteiger partial charge in [-0.2, -0.15) is 0 Å². The van der Waals surface area contributed by atoms with Crippen LogP contribution in [0, 0.1) is 0 Å². The summed E-state index contributed by atoms with van der Waals surface area (Å²) in [5, 5.41) is 13.1. The fourth-order valence-electron chi connectivity index (χ4n) is 4.60. The lowest BCUT2D eigenvalue weighted by atomic mass is 9.86. The lowest BCUT2D eigenvalue weighted by Crippen LogP contribution is -2.28. The third-order valence-corrected chi connectivity index (χ3v) is 7.57. The van der Waals surface area contributed by atoms with Crippen molar-refractivity contribution < 1.29 is 4.79 Å². The van der Waals surface area contributed by atoms with Gasteiger partial charge < -0.3 is 5.32 Å². The van der Waals surface area contributed by atoms with Crippen molar-refractivity contribution in [1.29, 1.82) is 0 Å². The van der Waals surface area contributed by atoms with E-state index in [1.165, 1.54) is 36.6 Å². The standard InChI is InChI=1S/C28H36N4OS/c1-20(21-11-7-5-8-12-21)29-25(33)19-34-27-31-30-26(32(27)24-13-9-6-10-14-24)22-15-17-23(18-16-22)28(2,3)4/h5,7-8,11-12,15-18,20,24H,6,9-10,13-14,19H2,1-4H3,(H,29,33)/t20-/m1/s1. The SMILES string of the molecule is C[C@@H](NC(=O)CSc1nnc(-c2ccc(C(C)(C)C)cc2)n1C1CCCCC1)c1ccccc1. The zero-order valence-electron chi connectivity index (χ0n) is 20.8. The maximum Gasteiger partial charge on any atom is 0.230 e. The van der Waals surface area contributed by atoms with Crippen molar-refractivity contribution in [1.82, 2.24) is 20.1 Å². The number of hydrogen-bond donors (Lipinski definition) is 1. The molecule has 1 saturated carbocycles. The minimum atomic E-state index is -0.0255. The highest BCUT2D eigenvalue weighted by atomic mass is 32.2. The summed E-state index contributed by atoms with van der Waals surface area (Å²) in [6.45, 7) is 8.70. The van der Waals surface area contributed by atoms with Gasteiger partial charge in [-0.05, 0) is 36.3 Å². The van der Waals surface area contributed by atoms with Crippen LogP contribution < -0.4 is 5.32 Å². The van der Waals surface area contributed by atoms with Crippen LogP contribution in [0.2, 0.25) is 0 Å². The second kappa shape index (κ2) is 10.8. The number of carbonyl (C=O) groups excluding carboxylic acids is 1. The highest BCUT2D eigenvalue weighted by Crippen LogP contribution is 2.36. The molecule has 34 heavy (non-hydrogen) atoms. The van der Waals surface area contributed by atoms with Crippen LogP contribution in [-0.2, 0) is 10.2 Å². The highest BCUT2D eigenvalue weighted by Gasteiger charge is 2.25. The molecule has 5 nitrogen and oxygen atoms in total. The van der Waals surface area contributed by atoms with Gasteiger partial charge in [-0.15, -0.1) is 10.2 Å². The van der Waals surface area contributed by atoms with Gasteiger partial charge in [0.25, 0.3) is 0 Å². The van der Waals surface area contributed by atoms with Gasteiger partial charge in [-0.25, -0.2) is 0 Å². The number of nitrogens with one attached hydrogen (secondary N) is 1. The van der Waals surface area contributed by atoms with Gasteiger partial charge in [-0.1, -0.05) is 106 Å². The Hall–Kier alpha value is -2.60. The molecule has 1 atom stereocenters. The van der Waals surface area contributed by atoms with E-state index in [1.54, 1.807) is 0 Å². The number of aromatic nitrogens is 3. The molecular weight excluding hydrogens is 440 g/mol. The van der Waals surface area contributed by atoms with Crippen molar-refractivity contribution in [2.45, 2.75) is 82.5 Å². The maximum atomic E-state index is 12.7. The first-order chi connectivity index (χ1) is 16.3. The second-order valence-electron chi connectivity index (χ2n) is 10.3. The van der Waals surface area contributed by atoms with E-state index in [0.717, 1.165) is 34.9 Å². The van der Waals surface area contributed by atoms with Gasteiger partial charge in [0.2, 0.25) is 5.91 Å². The molecule has 1 amide bonds. The Bertz CT molecular complexity index is 1080. The van der Waals surface area contributed by atoms with Gasteiger partial charge in [0.1, 0.15) is 0 Å². The van der Waals surface area contributed by atoms with Crippen LogP contribution in [-0.4, -0.2) is 26.4 Å². The van der Waals surface area contributed by atoms with Crippen molar-refractivity contribution in [3.63, 3.8) is 0 Å². The Kier molecular flexibility index (Phi) is 7.77. The number of amides is 1. The van der Waals surface area contributed by atoms with Crippen LogP contribution in [0.5, 0.6) is 0 Å². The minimum absolute atomic E-state index is 0.00984. The number of hydrogen-bond acceptors (Lipinski definition) is 4. The third kappa shape index (κ3) is 5.90. The summed E-state index contributed by atoms with van der Waals surface area (Å²) in [6.07, 6.45) is 6.01. The number of benzene rings is 2. The normalized spacial score (nSPS) is 15.8. The molecule has 1 N–H and O–H groups in total. The molecule has 0 unspecified atom stereocenters. The maximum absolute atomic E-state index is 12.7. The van der Waals surface area contributed by atoms with Crippen LogP contribution >= 0.6 is 11.8 Å². The monoisotopic (exact) mass is 476 g/mol. The molecule has 1 aliphatic rings. The van der Waals surface area contributed by atoms with Crippen LogP contribution in [0.3, 0.4) is 0 Å². The third-order valence-electron chi connectivity index (χ3n) is 6.62. The largest absolute Gasteiger partial charge is 0.349 e. The van der Waals surface area contributed by atoms with Gasteiger partial charge in [0.05, 0.1) is 11.8 Å². The first-order valence-electron chi connectivity index (χ1n) is 12.4. The van der Waals surface area contributed by atoms with Crippen LogP contribution in [0.1, 0.15) is 83.0 Å². The van der Waals surface area contributed by atoms with E-state index in [9.17, 15) is 4.79 Å². The Morgan fingerprint density at radius 2 is 1.71 bits per heavy atom. The highest BCUT2D eigenvalue weighted by molar-refractivity contribution is 7.99. The van der Waals surface area contributed by atoms with Crippen molar-refractivity contribution in [3.8, 4) is 11.4 Å². The molecule has 2 aromatic carbocycles. The van der Waals surface area contributed by atoms with Crippen LogP contribution in [0.15, 0.2) is 59.8 Å². The van der Waals surface area contributed by atoms with E-state index < -0.39 is 0 Å². The molecule has 1 fully saturated rings. The van der Waals surface area contributed by atoms with Crippen molar-refractivity contribution >= 4 is 17.7 Å². The summed E-state index contributed by atoms with van der Waals surface area (Å²) in [6, 6.07) is 19.1. The first kappa shape index (κ1) is 24.5. The zero-order chi connectivity index (χ0) is 24.1. The van der Waals surface area contributed by atoms with Gasteiger partial charge in [0, 0.05) is 11.6 Å². The summed E-state index contributed by atoms with van der Waals surface area (Å²) in [5.74, 6) is 1.24. The summed E-state index contributed by atoms with van der Waals surface area (Å²) in [4.78, 5) is 12.7. The zero-order valence-corrected chi connectivity index (χ0v) is 21.6. The molecule has 4 rings (SSSR count). The van der Waals surface area contributed by atoms with E-state index in [1.807, 2.05) is 37.3 Å². The number of thioether (sulfide) groups is 1. The lowest BCUT2D eigenvalue weighted by molar-refractivity contribution is -0.119. The fraction of sp³-hybridized carbons (Fsp3) is 0.464. The quantitative estimate of drug-likeness (QED) is 0.385. The second-order valence-corrected chi connectivity index (χ2v) is 11.2. The minimum Gasteiger partial charge on any atom is -0.349 e. The molecule has 0 spiro atoms. The molecule has 180 valence electrons. The molecule has 0 saturated heterocycles. The number of carbonyl (C=O) groups is 1. The summed E-state index contributed by atoms with van der Waals surface area (Å²) < 4.78 is 2.30. The van der Waals surface area contributed by atoms with E-state index in [-0.39, 0.29) is 17.4 Å². The van der Waals surface area contributed by atoms with Gasteiger partial charge in [0.15, 0.2) is 11.0 Å². The fourth-order valence-corrected chi connectivity index (χ4v) is 5.41. The predicted molar refractivity (Wildman–Crippen MR) is 140 cm³/mol. The first-order valence-corrected chi connectivity index (χ1v) is 13.3. The van der Waals surface area contributed by atoms with Crippen LogP contribution in [0.25, 0.3) is 11.4 Å². The van der Waals surface area contributed by atoms with E-state index in [4.69, 9.17) is 0 Å². The molecule has 6 heteroatoms. The molecule has 3 aromatic rings. The Morgan fingerprint density at radius 3 is 2.35 bits per heavy atom. The lowest BCUT2D eigenvalue weighted by Gasteiger charge is -2.26. The Labute approximate surface area is 207 Å². The molecule has 1 heterocycles. The number of nitrogens with zero attached hydrogens (tertiary/aromatic N) is 3. The van der Waals surface area contributed by atoms with Gasteiger partial charge in [-0.3, -0.25) is 9.36 Å². The molecule has 1 aromatic heterocycles. The Balaban J connectivity index is 1.52.